The lowest BCUT2D eigenvalue weighted by Gasteiger charge is -2.25. The SMILES string of the molecule is O=C(Nc1ccc2c(c1)CC(C(=O)NCc1ccc(Cl)cc1F)CO2)c1ccc(Cl)c(F)c1. The zero-order chi connectivity index (χ0) is 23.5. The van der Waals surface area contributed by atoms with E-state index in [1.807, 2.05) is 0 Å². The summed E-state index contributed by atoms with van der Waals surface area (Å²) in [5.41, 5.74) is 1.66. The Bertz CT molecular complexity index is 1240. The van der Waals surface area contributed by atoms with Gasteiger partial charge in [0.15, 0.2) is 0 Å². The van der Waals surface area contributed by atoms with Gasteiger partial charge in [-0.05, 0) is 60.5 Å². The Hall–Kier alpha value is -3.16. The van der Waals surface area contributed by atoms with Gasteiger partial charge in [-0.15, -0.1) is 0 Å². The number of amides is 2. The summed E-state index contributed by atoms with van der Waals surface area (Å²) in [6, 6.07) is 13.1. The number of fused-ring (bicyclic) bond motifs is 1. The summed E-state index contributed by atoms with van der Waals surface area (Å²) in [4.78, 5) is 25.0. The summed E-state index contributed by atoms with van der Waals surface area (Å²) in [6.07, 6.45) is 0.379. The lowest BCUT2D eigenvalue weighted by molar-refractivity contribution is -0.126. The van der Waals surface area contributed by atoms with Crippen molar-refractivity contribution in [1.82, 2.24) is 5.32 Å². The lowest BCUT2D eigenvalue weighted by atomic mass is 9.95. The molecule has 2 N–H and O–H groups in total. The molecule has 0 fully saturated rings. The van der Waals surface area contributed by atoms with Crippen LogP contribution in [0.3, 0.4) is 0 Å². The van der Waals surface area contributed by atoms with Gasteiger partial charge in [-0.2, -0.15) is 0 Å². The molecule has 0 saturated carbocycles. The Morgan fingerprint density at radius 3 is 2.58 bits per heavy atom. The van der Waals surface area contributed by atoms with Crippen LogP contribution in [0.4, 0.5) is 14.5 Å². The largest absolute Gasteiger partial charge is 0.492 e. The van der Waals surface area contributed by atoms with Gasteiger partial charge in [0.05, 0.1) is 10.9 Å². The maximum Gasteiger partial charge on any atom is 0.255 e. The quantitative estimate of drug-likeness (QED) is 0.503. The molecule has 0 aliphatic carbocycles. The van der Waals surface area contributed by atoms with Crippen molar-refractivity contribution in [3.05, 3.63) is 93.0 Å². The fourth-order valence-corrected chi connectivity index (χ4v) is 3.75. The van der Waals surface area contributed by atoms with E-state index in [1.54, 1.807) is 24.3 Å². The van der Waals surface area contributed by atoms with Crippen LogP contribution in [0.15, 0.2) is 54.6 Å². The first-order valence-corrected chi connectivity index (χ1v) is 10.8. The third-order valence-corrected chi connectivity index (χ3v) is 5.79. The van der Waals surface area contributed by atoms with Crippen LogP contribution in [0.25, 0.3) is 0 Å². The van der Waals surface area contributed by atoms with Crippen molar-refractivity contribution in [1.29, 1.82) is 0 Å². The molecule has 1 atom stereocenters. The van der Waals surface area contributed by atoms with Crippen LogP contribution in [-0.2, 0) is 17.8 Å². The minimum Gasteiger partial charge on any atom is -0.492 e. The lowest BCUT2D eigenvalue weighted by Crippen LogP contribution is -2.37. The first kappa shape index (κ1) is 23.0. The summed E-state index contributed by atoms with van der Waals surface area (Å²) >= 11 is 11.4. The average Bonchev–Trinajstić information content (AvgIpc) is 2.79. The summed E-state index contributed by atoms with van der Waals surface area (Å²) in [5, 5.41) is 5.63. The molecule has 0 radical (unpaired) electrons. The van der Waals surface area contributed by atoms with E-state index in [0.717, 1.165) is 11.6 Å². The number of carbonyl (C=O) groups is 2. The van der Waals surface area contributed by atoms with Crippen molar-refractivity contribution in [3.8, 4) is 5.75 Å². The standard InChI is InChI=1S/C24H18Cl2F2N2O3/c25-17-3-1-14(20(27)10-17)11-29-23(31)16-7-15-8-18(4-6-22(15)33-12-16)30-24(32)13-2-5-19(26)21(28)9-13/h1-6,8-10,16H,7,11-12H2,(H,29,31)(H,30,32). The zero-order valence-corrected chi connectivity index (χ0v) is 18.6. The zero-order valence-electron chi connectivity index (χ0n) is 17.1. The number of anilines is 1. The van der Waals surface area contributed by atoms with Gasteiger partial charge in [-0.25, -0.2) is 8.78 Å². The highest BCUT2D eigenvalue weighted by Crippen LogP contribution is 2.30. The summed E-state index contributed by atoms with van der Waals surface area (Å²) in [5.74, 6) is -1.82. The fourth-order valence-electron chi connectivity index (χ4n) is 3.47. The van der Waals surface area contributed by atoms with E-state index < -0.39 is 23.5 Å². The molecule has 0 bridgehead atoms. The van der Waals surface area contributed by atoms with Crippen LogP contribution >= 0.6 is 23.2 Å². The van der Waals surface area contributed by atoms with E-state index in [4.69, 9.17) is 27.9 Å². The molecule has 4 rings (SSSR count). The van der Waals surface area contributed by atoms with Gasteiger partial charge >= 0.3 is 0 Å². The molecule has 1 heterocycles. The van der Waals surface area contributed by atoms with E-state index in [0.29, 0.717) is 23.4 Å². The number of benzene rings is 3. The Balaban J connectivity index is 1.40. The second-order valence-electron chi connectivity index (χ2n) is 7.57. The normalized spacial score (nSPS) is 14.7. The average molecular weight is 491 g/mol. The van der Waals surface area contributed by atoms with Crippen LogP contribution in [0.5, 0.6) is 5.75 Å². The van der Waals surface area contributed by atoms with E-state index in [1.165, 1.54) is 24.3 Å². The predicted molar refractivity (Wildman–Crippen MR) is 122 cm³/mol. The maximum absolute atomic E-state index is 13.9. The van der Waals surface area contributed by atoms with E-state index in [-0.39, 0.29) is 34.7 Å². The van der Waals surface area contributed by atoms with Gasteiger partial charge < -0.3 is 15.4 Å². The van der Waals surface area contributed by atoms with E-state index in [2.05, 4.69) is 10.6 Å². The van der Waals surface area contributed by atoms with Crippen molar-refractivity contribution < 1.29 is 23.1 Å². The second-order valence-corrected chi connectivity index (χ2v) is 8.41. The van der Waals surface area contributed by atoms with Gasteiger partial charge in [-0.3, -0.25) is 9.59 Å². The molecule has 5 nitrogen and oxygen atoms in total. The number of nitrogens with one attached hydrogen (secondary N) is 2. The van der Waals surface area contributed by atoms with Crippen LogP contribution in [0, 0.1) is 17.6 Å². The van der Waals surface area contributed by atoms with Crippen molar-refractivity contribution in [2.75, 3.05) is 11.9 Å². The molecule has 1 aliphatic rings. The number of hydrogen-bond donors (Lipinski definition) is 2. The van der Waals surface area contributed by atoms with E-state index in [9.17, 15) is 18.4 Å². The predicted octanol–water partition coefficient (Wildman–Crippen LogP) is 5.39. The topological polar surface area (TPSA) is 67.4 Å². The third-order valence-electron chi connectivity index (χ3n) is 5.25. The first-order chi connectivity index (χ1) is 15.8. The van der Waals surface area contributed by atoms with Crippen molar-refractivity contribution in [2.24, 2.45) is 5.92 Å². The molecule has 0 aromatic heterocycles. The highest BCUT2D eigenvalue weighted by molar-refractivity contribution is 6.31. The molecule has 33 heavy (non-hydrogen) atoms. The molecule has 3 aromatic rings. The van der Waals surface area contributed by atoms with Crippen LogP contribution in [0.2, 0.25) is 10.0 Å². The molecular weight excluding hydrogens is 473 g/mol. The second kappa shape index (κ2) is 9.77. The van der Waals surface area contributed by atoms with Crippen molar-refractivity contribution >= 4 is 40.7 Å². The minimum absolute atomic E-state index is 0.0267. The Morgan fingerprint density at radius 1 is 1.00 bits per heavy atom. The van der Waals surface area contributed by atoms with Crippen molar-refractivity contribution in [3.63, 3.8) is 0 Å². The molecule has 0 saturated heterocycles. The highest BCUT2D eigenvalue weighted by atomic mass is 35.5. The van der Waals surface area contributed by atoms with Crippen molar-refractivity contribution in [2.45, 2.75) is 13.0 Å². The van der Waals surface area contributed by atoms with E-state index >= 15 is 0 Å². The number of rotatable bonds is 5. The van der Waals surface area contributed by atoms with Gasteiger partial charge in [0, 0.05) is 28.4 Å². The van der Waals surface area contributed by atoms with Crippen LogP contribution in [0.1, 0.15) is 21.5 Å². The minimum atomic E-state index is -0.685. The monoisotopic (exact) mass is 490 g/mol. The summed E-state index contributed by atoms with van der Waals surface area (Å²) in [6.45, 7) is 0.205. The van der Waals surface area contributed by atoms with Gasteiger partial charge in [0.2, 0.25) is 5.91 Å². The highest BCUT2D eigenvalue weighted by Gasteiger charge is 2.26. The summed E-state index contributed by atoms with van der Waals surface area (Å²) in [7, 11) is 0. The molecule has 0 spiro atoms. The van der Waals surface area contributed by atoms with Gasteiger partial charge in [0.25, 0.3) is 5.91 Å². The number of ether oxygens (including phenoxy) is 1. The number of hydrogen-bond acceptors (Lipinski definition) is 3. The Morgan fingerprint density at radius 2 is 1.82 bits per heavy atom. The van der Waals surface area contributed by atoms with Crippen LogP contribution in [-0.4, -0.2) is 18.4 Å². The summed E-state index contributed by atoms with van der Waals surface area (Å²) < 4.78 is 33.3. The number of carbonyl (C=O) groups excluding carboxylic acids is 2. The number of halogens is 4. The van der Waals surface area contributed by atoms with Crippen LogP contribution < -0.4 is 15.4 Å². The maximum atomic E-state index is 13.9. The molecule has 1 unspecified atom stereocenters. The first-order valence-electron chi connectivity index (χ1n) is 10.0. The molecule has 170 valence electrons. The molecule has 3 aromatic carbocycles. The third kappa shape index (κ3) is 5.43. The molecule has 2 amide bonds. The fraction of sp³-hybridized carbons (Fsp3) is 0.167. The van der Waals surface area contributed by atoms with Gasteiger partial charge in [-0.1, -0.05) is 29.3 Å². The Labute approximate surface area is 198 Å². The smallest absolute Gasteiger partial charge is 0.255 e. The molecular formula is C24H18Cl2F2N2O3. The van der Waals surface area contributed by atoms with Gasteiger partial charge in [0.1, 0.15) is 24.0 Å². The molecule has 9 heteroatoms. The Kier molecular flexibility index (Phi) is 6.81. The molecule has 1 aliphatic heterocycles.